The van der Waals surface area contributed by atoms with Crippen molar-refractivity contribution < 1.29 is 26.0 Å². The minimum atomic E-state index is -5.18. The highest BCUT2D eigenvalue weighted by Crippen LogP contribution is 2.31. The molecular formula is C13H17FN2O5S. The number of anilines is 1. The first kappa shape index (κ1) is 16.5. The summed E-state index contributed by atoms with van der Waals surface area (Å²) in [7, 11) is -3.97. The summed E-state index contributed by atoms with van der Waals surface area (Å²) in [6.45, 7) is 4.31. The maximum Gasteiger partial charge on any atom is 0.488 e. The van der Waals surface area contributed by atoms with E-state index in [4.69, 9.17) is 0 Å². The highest BCUT2D eigenvalue weighted by Gasteiger charge is 2.22. The Kier molecular flexibility index (Phi) is 4.87. The summed E-state index contributed by atoms with van der Waals surface area (Å²) < 4.78 is 43.4. The number of carbonyl (C=O) groups excluding carboxylic acids is 1. The highest BCUT2D eigenvalue weighted by molar-refractivity contribution is 7.81. The van der Waals surface area contributed by atoms with Crippen molar-refractivity contribution in [3.05, 3.63) is 23.3 Å². The van der Waals surface area contributed by atoms with Gasteiger partial charge in [-0.15, -0.1) is 0 Å². The number of benzene rings is 1. The molecule has 0 spiro atoms. The number of carbonyl (C=O) groups is 1. The zero-order valence-electron chi connectivity index (χ0n) is 12.3. The van der Waals surface area contributed by atoms with Gasteiger partial charge in [0, 0.05) is 43.5 Å². The molecule has 0 atom stereocenters. The Morgan fingerprint density at radius 1 is 1.32 bits per heavy atom. The Hall–Kier alpha value is -1.87. The predicted molar refractivity (Wildman–Crippen MR) is 78.3 cm³/mol. The van der Waals surface area contributed by atoms with E-state index < -0.39 is 16.5 Å². The lowest BCUT2D eigenvalue weighted by molar-refractivity contribution is 0.0599. The van der Waals surface area contributed by atoms with E-state index >= 15 is 0 Å². The number of nitrogens with one attached hydrogen (secondary N) is 1. The van der Waals surface area contributed by atoms with Crippen LogP contribution in [0.5, 0.6) is 5.75 Å². The molecule has 0 saturated carbocycles. The maximum absolute atomic E-state index is 12.9. The van der Waals surface area contributed by atoms with Gasteiger partial charge in [0.05, 0.1) is 12.7 Å². The lowest BCUT2D eigenvalue weighted by Crippen LogP contribution is -2.43. The number of piperazine rings is 1. The van der Waals surface area contributed by atoms with E-state index in [0.717, 1.165) is 13.1 Å². The van der Waals surface area contributed by atoms with E-state index in [-0.39, 0.29) is 16.9 Å². The molecule has 0 bridgehead atoms. The average molecular weight is 332 g/mol. The largest absolute Gasteiger partial charge is 0.488 e. The topological polar surface area (TPSA) is 84.9 Å². The fourth-order valence-electron chi connectivity index (χ4n) is 2.29. The van der Waals surface area contributed by atoms with E-state index in [2.05, 4.69) is 14.2 Å². The first-order valence-corrected chi connectivity index (χ1v) is 7.95. The zero-order chi connectivity index (χ0) is 16.3. The standard InChI is InChI=1S/C13H17FN2O5S/c1-9-11(13(17)20-2)7-10(16-5-3-15-4-6-16)8-12(9)21-22(14,18)19/h7-8,15H,3-6H2,1-2H3. The van der Waals surface area contributed by atoms with Crippen molar-refractivity contribution in [2.75, 3.05) is 38.2 Å². The van der Waals surface area contributed by atoms with Crippen molar-refractivity contribution in [3.63, 3.8) is 0 Å². The molecule has 22 heavy (non-hydrogen) atoms. The molecule has 1 heterocycles. The smallest absolute Gasteiger partial charge is 0.465 e. The molecule has 1 N–H and O–H groups in total. The molecule has 7 nitrogen and oxygen atoms in total. The van der Waals surface area contributed by atoms with Crippen LogP contribution in [0.2, 0.25) is 0 Å². The second kappa shape index (κ2) is 6.49. The SMILES string of the molecule is COC(=O)c1cc(N2CCNCC2)cc(OS(=O)(=O)F)c1C. The van der Waals surface area contributed by atoms with E-state index in [1.807, 2.05) is 4.90 Å². The molecule has 1 aromatic carbocycles. The van der Waals surface area contributed by atoms with Crippen LogP contribution in [-0.4, -0.2) is 47.7 Å². The van der Waals surface area contributed by atoms with Crippen molar-refractivity contribution in [1.29, 1.82) is 0 Å². The number of esters is 1. The highest BCUT2D eigenvalue weighted by atomic mass is 32.3. The zero-order valence-corrected chi connectivity index (χ0v) is 13.1. The van der Waals surface area contributed by atoms with Crippen LogP contribution in [0.3, 0.4) is 0 Å². The molecule has 0 aliphatic carbocycles. The van der Waals surface area contributed by atoms with Crippen molar-refractivity contribution in [1.82, 2.24) is 5.32 Å². The number of ether oxygens (including phenoxy) is 1. The van der Waals surface area contributed by atoms with Crippen molar-refractivity contribution in [2.45, 2.75) is 6.92 Å². The second-order valence-electron chi connectivity index (χ2n) is 4.82. The molecule has 0 unspecified atom stereocenters. The molecular weight excluding hydrogens is 315 g/mol. The monoisotopic (exact) mass is 332 g/mol. The van der Waals surface area contributed by atoms with Crippen LogP contribution in [0.15, 0.2) is 12.1 Å². The molecule has 1 saturated heterocycles. The van der Waals surface area contributed by atoms with Gasteiger partial charge < -0.3 is 19.1 Å². The first-order valence-electron chi connectivity index (χ1n) is 6.64. The number of methoxy groups -OCH3 is 1. The molecule has 1 aliphatic heterocycles. The fourth-order valence-corrected chi connectivity index (χ4v) is 2.68. The molecule has 122 valence electrons. The third kappa shape index (κ3) is 3.86. The Balaban J connectivity index is 2.49. The molecule has 1 fully saturated rings. The van der Waals surface area contributed by atoms with E-state index in [1.165, 1.54) is 20.1 Å². The summed E-state index contributed by atoms with van der Waals surface area (Å²) in [6, 6.07) is 2.99. The van der Waals surface area contributed by atoms with Gasteiger partial charge in [-0.25, -0.2) is 4.79 Å². The summed E-state index contributed by atoms with van der Waals surface area (Å²) in [6.07, 6.45) is 0. The van der Waals surface area contributed by atoms with Crippen LogP contribution in [0.25, 0.3) is 0 Å². The average Bonchev–Trinajstić information content (AvgIpc) is 2.48. The van der Waals surface area contributed by atoms with E-state index in [1.54, 1.807) is 6.07 Å². The summed E-state index contributed by atoms with van der Waals surface area (Å²) in [4.78, 5) is 13.8. The van der Waals surface area contributed by atoms with Crippen molar-refractivity contribution >= 4 is 22.2 Å². The van der Waals surface area contributed by atoms with Gasteiger partial charge in [-0.1, -0.05) is 3.89 Å². The van der Waals surface area contributed by atoms with Gasteiger partial charge in [0.25, 0.3) is 0 Å². The lowest BCUT2D eigenvalue weighted by atomic mass is 10.1. The van der Waals surface area contributed by atoms with Crippen molar-refractivity contribution in [2.24, 2.45) is 0 Å². The van der Waals surface area contributed by atoms with Gasteiger partial charge in [0.1, 0.15) is 0 Å². The van der Waals surface area contributed by atoms with Gasteiger partial charge in [0.15, 0.2) is 5.75 Å². The van der Waals surface area contributed by atoms with E-state index in [0.29, 0.717) is 18.8 Å². The number of hydrogen-bond donors (Lipinski definition) is 1. The minimum absolute atomic E-state index is 0.136. The molecule has 9 heteroatoms. The third-order valence-corrected chi connectivity index (χ3v) is 3.80. The molecule has 0 aromatic heterocycles. The van der Waals surface area contributed by atoms with Crippen LogP contribution in [0, 0.1) is 6.92 Å². The van der Waals surface area contributed by atoms with Gasteiger partial charge in [-0.3, -0.25) is 0 Å². The normalized spacial score (nSPS) is 15.5. The Morgan fingerprint density at radius 2 is 1.95 bits per heavy atom. The van der Waals surface area contributed by atoms with Crippen LogP contribution >= 0.6 is 0 Å². The summed E-state index contributed by atoms with van der Waals surface area (Å²) in [5, 5.41) is 3.18. The van der Waals surface area contributed by atoms with Crippen molar-refractivity contribution in [3.8, 4) is 5.75 Å². The molecule has 2 rings (SSSR count). The molecule has 0 amide bonds. The van der Waals surface area contributed by atoms with Crippen LogP contribution in [0.1, 0.15) is 15.9 Å². The Bertz CT molecular complexity index is 671. The third-order valence-electron chi connectivity index (χ3n) is 3.42. The fraction of sp³-hybridized carbons (Fsp3) is 0.462. The number of nitrogens with zero attached hydrogens (tertiary/aromatic N) is 1. The minimum Gasteiger partial charge on any atom is -0.465 e. The number of rotatable bonds is 4. The van der Waals surface area contributed by atoms with E-state index in [9.17, 15) is 17.1 Å². The number of halogens is 1. The summed E-state index contributed by atoms with van der Waals surface area (Å²) in [5.41, 5.74) is 0.912. The maximum atomic E-state index is 12.9. The van der Waals surface area contributed by atoms with Gasteiger partial charge >= 0.3 is 16.5 Å². The summed E-state index contributed by atoms with van der Waals surface area (Å²) >= 11 is 0. The second-order valence-corrected chi connectivity index (χ2v) is 5.77. The molecule has 1 aromatic rings. The molecule has 0 radical (unpaired) electrons. The lowest BCUT2D eigenvalue weighted by Gasteiger charge is -2.30. The Labute approximate surface area is 128 Å². The van der Waals surface area contributed by atoms with Crippen LogP contribution in [0.4, 0.5) is 9.57 Å². The predicted octanol–water partition coefficient (Wildman–Crippen LogP) is 0.784. The number of hydrogen-bond acceptors (Lipinski definition) is 7. The van der Waals surface area contributed by atoms with Gasteiger partial charge in [0.2, 0.25) is 0 Å². The van der Waals surface area contributed by atoms with Gasteiger partial charge in [-0.05, 0) is 13.0 Å². The van der Waals surface area contributed by atoms with Crippen LogP contribution in [-0.2, 0) is 15.2 Å². The quantitative estimate of drug-likeness (QED) is 0.644. The molecule has 1 aliphatic rings. The Morgan fingerprint density at radius 3 is 2.50 bits per heavy atom. The van der Waals surface area contributed by atoms with Crippen LogP contribution < -0.4 is 14.4 Å². The van der Waals surface area contributed by atoms with Gasteiger partial charge in [-0.2, -0.15) is 8.42 Å². The first-order chi connectivity index (χ1) is 10.3. The summed E-state index contributed by atoms with van der Waals surface area (Å²) in [5.74, 6) is -0.866.